The molecule has 0 bridgehead atoms. The number of fused-ring (bicyclic) bond motifs is 3. The first-order chi connectivity index (χ1) is 15.6. The Labute approximate surface area is 184 Å². The van der Waals surface area contributed by atoms with E-state index in [9.17, 15) is 31.7 Å². The van der Waals surface area contributed by atoms with Gasteiger partial charge in [-0.2, -0.15) is 8.78 Å². The number of carbonyl (C=O) groups excluding carboxylic acids is 1. The van der Waals surface area contributed by atoms with Gasteiger partial charge in [0.25, 0.3) is 0 Å². The number of rotatable bonds is 7. The number of benzene rings is 3. The van der Waals surface area contributed by atoms with Gasteiger partial charge in [-0.3, -0.25) is 4.79 Å². The van der Waals surface area contributed by atoms with Gasteiger partial charge in [0.15, 0.2) is 5.78 Å². The van der Waals surface area contributed by atoms with Gasteiger partial charge in [0.1, 0.15) is 0 Å². The lowest BCUT2D eigenvalue weighted by Crippen LogP contribution is -2.56. The summed E-state index contributed by atoms with van der Waals surface area (Å²) >= 11 is 0. The topological polar surface area (TPSA) is 57.6 Å². The Morgan fingerprint density at radius 3 is 1.82 bits per heavy atom. The molecule has 4 nitrogen and oxygen atoms in total. The SMILES string of the molecule is O=C(CC1c2ccccc2-c2ccccc21)c1ccccc1C(F)(F)[C@@](F)(C(=O)O)N(F)F. The van der Waals surface area contributed by atoms with Crippen molar-refractivity contribution in [3.05, 3.63) is 95.1 Å². The zero-order valence-corrected chi connectivity index (χ0v) is 16.8. The molecule has 0 spiro atoms. The van der Waals surface area contributed by atoms with Crippen LogP contribution in [-0.4, -0.2) is 28.0 Å². The number of alkyl halides is 3. The van der Waals surface area contributed by atoms with Crippen LogP contribution in [0.25, 0.3) is 11.1 Å². The summed E-state index contributed by atoms with van der Waals surface area (Å²) in [6.45, 7) is 0. The number of aliphatic carboxylic acids is 1. The molecule has 33 heavy (non-hydrogen) atoms. The van der Waals surface area contributed by atoms with E-state index >= 15 is 0 Å². The predicted octanol–water partition coefficient (Wildman–Crippen LogP) is 5.99. The molecule has 4 rings (SSSR count). The van der Waals surface area contributed by atoms with Crippen LogP contribution in [0.4, 0.5) is 22.1 Å². The second-order valence-corrected chi connectivity index (χ2v) is 7.63. The van der Waals surface area contributed by atoms with Gasteiger partial charge in [0.2, 0.25) is 0 Å². The van der Waals surface area contributed by atoms with Gasteiger partial charge in [0.05, 0.1) is 5.34 Å². The van der Waals surface area contributed by atoms with E-state index in [0.717, 1.165) is 34.4 Å². The van der Waals surface area contributed by atoms with E-state index in [1.807, 2.05) is 24.3 Å². The molecule has 1 atom stereocenters. The van der Waals surface area contributed by atoms with Gasteiger partial charge in [-0.15, -0.1) is 0 Å². The normalized spacial score (nSPS) is 15.1. The number of Topliss-reactive ketones (excluding diaryl/α,β-unsaturated/α-hetero) is 1. The average molecular weight is 461 g/mol. The maximum absolute atomic E-state index is 14.9. The van der Waals surface area contributed by atoms with Crippen LogP contribution in [-0.2, 0) is 10.7 Å². The van der Waals surface area contributed by atoms with Crippen molar-refractivity contribution in [2.24, 2.45) is 0 Å². The number of carbonyl (C=O) groups is 2. The summed E-state index contributed by atoms with van der Waals surface area (Å²) in [4.78, 5) is 24.2. The first-order valence-corrected chi connectivity index (χ1v) is 9.83. The highest BCUT2D eigenvalue weighted by atomic mass is 19.4. The molecule has 0 aromatic heterocycles. The highest BCUT2D eigenvalue weighted by Gasteiger charge is 2.69. The zero-order chi connectivity index (χ0) is 24.0. The van der Waals surface area contributed by atoms with Crippen molar-refractivity contribution in [3.63, 3.8) is 0 Å². The van der Waals surface area contributed by atoms with Gasteiger partial charge in [-0.1, -0.05) is 81.8 Å². The average Bonchev–Trinajstić information content (AvgIpc) is 3.12. The third-order valence-electron chi connectivity index (χ3n) is 5.85. The molecule has 1 aliphatic rings. The molecule has 0 unspecified atom stereocenters. The van der Waals surface area contributed by atoms with Gasteiger partial charge in [-0.25, -0.2) is 9.18 Å². The maximum Gasteiger partial charge on any atom is 0.382 e. The first kappa shape index (κ1) is 22.6. The number of carboxylic acids is 1. The number of hydrogen-bond donors (Lipinski definition) is 1. The molecule has 9 heteroatoms. The second-order valence-electron chi connectivity index (χ2n) is 7.63. The largest absolute Gasteiger partial charge is 0.478 e. The lowest BCUT2D eigenvalue weighted by atomic mass is 9.86. The Kier molecular flexibility index (Phi) is 5.53. The quantitative estimate of drug-likeness (QED) is 0.203. The number of hydrogen-bond acceptors (Lipinski definition) is 3. The van der Waals surface area contributed by atoms with Crippen molar-refractivity contribution in [2.75, 3.05) is 0 Å². The van der Waals surface area contributed by atoms with E-state index in [4.69, 9.17) is 5.11 Å². The van der Waals surface area contributed by atoms with Crippen LogP contribution < -0.4 is 0 Å². The molecule has 0 saturated carbocycles. The summed E-state index contributed by atoms with van der Waals surface area (Å²) in [6.07, 6.45) is -0.303. The minimum Gasteiger partial charge on any atom is -0.478 e. The fraction of sp³-hybridized carbons (Fsp3) is 0.167. The maximum atomic E-state index is 14.9. The summed E-state index contributed by atoms with van der Waals surface area (Å²) in [7, 11) is 0. The third-order valence-corrected chi connectivity index (χ3v) is 5.85. The van der Waals surface area contributed by atoms with Crippen LogP contribution in [0.1, 0.15) is 39.4 Å². The first-order valence-electron chi connectivity index (χ1n) is 9.83. The van der Waals surface area contributed by atoms with E-state index in [1.54, 1.807) is 24.3 Å². The number of carboxylic acid groups (broad SMARTS) is 1. The highest BCUT2D eigenvalue weighted by molar-refractivity contribution is 5.99. The fourth-order valence-electron chi connectivity index (χ4n) is 4.27. The lowest BCUT2D eigenvalue weighted by molar-refractivity contribution is -0.340. The van der Waals surface area contributed by atoms with Crippen molar-refractivity contribution >= 4 is 11.8 Å². The van der Waals surface area contributed by atoms with Crippen molar-refractivity contribution < 1.29 is 36.8 Å². The van der Waals surface area contributed by atoms with E-state index in [1.165, 1.54) is 6.07 Å². The molecule has 170 valence electrons. The molecule has 0 aliphatic heterocycles. The van der Waals surface area contributed by atoms with E-state index in [2.05, 4.69) is 0 Å². The number of halogens is 5. The van der Waals surface area contributed by atoms with Gasteiger partial charge in [0, 0.05) is 23.5 Å². The molecule has 0 saturated heterocycles. The summed E-state index contributed by atoms with van der Waals surface area (Å²) in [5.41, 5.74) is 1.18. The molecule has 3 aromatic carbocycles. The van der Waals surface area contributed by atoms with E-state index < -0.39 is 45.9 Å². The molecule has 0 heterocycles. The van der Waals surface area contributed by atoms with Crippen LogP contribution in [0.5, 0.6) is 0 Å². The lowest BCUT2D eigenvalue weighted by Gasteiger charge is -2.30. The molecule has 3 aromatic rings. The van der Waals surface area contributed by atoms with Crippen LogP contribution in [0.3, 0.4) is 0 Å². The summed E-state index contributed by atoms with van der Waals surface area (Å²) in [6, 6.07) is 18.2. The Morgan fingerprint density at radius 1 is 0.818 bits per heavy atom. The summed E-state index contributed by atoms with van der Waals surface area (Å²) in [5.74, 6) is -15.0. The molecule has 1 N–H and O–H groups in total. The van der Waals surface area contributed by atoms with Crippen LogP contribution in [0.2, 0.25) is 0 Å². The Hall–Kier alpha value is -3.59. The van der Waals surface area contributed by atoms with E-state index in [-0.39, 0.29) is 6.42 Å². The van der Waals surface area contributed by atoms with Crippen molar-refractivity contribution in [1.29, 1.82) is 0 Å². The Bertz CT molecular complexity index is 1200. The van der Waals surface area contributed by atoms with Crippen molar-refractivity contribution in [1.82, 2.24) is 5.34 Å². The smallest absolute Gasteiger partial charge is 0.382 e. The molecule has 0 radical (unpaired) electrons. The minimum atomic E-state index is -5.37. The zero-order valence-electron chi connectivity index (χ0n) is 16.8. The summed E-state index contributed by atoms with van der Waals surface area (Å²) < 4.78 is 70.3. The van der Waals surface area contributed by atoms with Crippen LogP contribution in [0, 0.1) is 0 Å². The molecule has 0 amide bonds. The van der Waals surface area contributed by atoms with E-state index in [0.29, 0.717) is 6.07 Å². The molecule has 0 fully saturated rings. The minimum absolute atomic E-state index is 0.303. The van der Waals surface area contributed by atoms with Gasteiger partial charge < -0.3 is 5.11 Å². The van der Waals surface area contributed by atoms with Gasteiger partial charge in [-0.05, 0) is 22.3 Å². The highest BCUT2D eigenvalue weighted by Crippen LogP contribution is 2.48. The van der Waals surface area contributed by atoms with Crippen molar-refractivity contribution in [3.8, 4) is 11.1 Å². The molecule has 1 aliphatic carbocycles. The summed E-state index contributed by atoms with van der Waals surface area (Å²) in [5, 5.41) is 6.12. The Balaban J connectivity index is 1.76. The monoisotopic (exact) mass is 461 g/mol. The molecular weight excluding hydrogens is 445 g/mol. The molecular formula is C24H16F5NO3. The Morgan fingerprint density at radius 2 is 1.30 bits per heavy atom. The van der Waals surface area contributed by atoms with Crippen LogP contribution in [0.15, 0.2) is 72.8 Å². The number of nitrogens with zero attached hydrogens (tertiary/aromatic N) is 1. The standard InChI is InChI=1S/C24H16F5NO3/c25-23(26,24(27,22(32)33)30(28)29)20-12-6-5-11-18(20)21(31)13-19-16-9-3-1-7-14(16)15-8-2-4-10-17(15)19/h1-12,19H,13H2,(H,32,33)/t24-/m1/s1. The number of ketones is 1. The van der Waals surface area contributed by atoms with Crippen molar-refractivity contribution in [2.45, 2.75) is 24.1 Å². The predicted molar refractivity (Wildman–Crippen MR) is 109 cm³/mol. The van der Waals surface area contributed by atoms with Gasteiger partial charge >= 0.3 is 17.7 Å². The van der Waals surface area contributed by atoms with Crippen LogP contribution >= 0.6 is 0 Å². The second kappa shape index (κ2) is 8.08. The fourth-order valence-corrected chi connectivity index (χ4v) is 4.27. The third kappa shape index (κ3) is 3.39.